The zero-order chi connectivity index (χ0) is 15.1. The number of morpholine rings is 2. The summed E-state index contributed by atoms with van der Waals surface area (Å²) in [5, 5.41) is 0. The minimum atomic E-state index is 0.258. The lowest BCUT2D eigenvalue weighted by Crippen LogP contribution is -2.46. The van der Waals surface area contributed by atoms with Crippen LogP contribution < -0.4 is 9.80 Å². The van der Waals surface area contributed by atoms with Crippen molar-refractivity contribution in [3.8, 4) is 0 Å². The summed E-state index contributed by atoms with van der Waals surface area (Å²) in [6.45, 7) is 8.11. The first kappa shape index (κ1) is 14.3. The summed E-state index contributed by atoms with van der Waals surface area (Å²) in [6, 6.07) is 4.36. The Balaban J connectivity index is 1.53. The largest absolute Gasteiger partial charge is 0.372 e. The summed E-state index contributed by atoms with van der Waals surface area (Å²) >= 11 is 0. The molecule has 4 rings (SSSR count). The van der Waals surface area contributed by atoms with Gasteiger partial charge in [-0.3, -0.25) is 0 Å². The maximum atomic E-state index is 5.94. The molecule has 1 aromatic rings. The monoisotopic (exact) mass is 303 g/mol. The molecule has 3 saturated heterocycles. The van der Waals surface area contributed by atoms with Crippen LogP contribution in [0.3, 0.4) is 0 Å². The van der Waals surface area contributed by atoms with E-state index in [1.54, 1.807) is 0 Å². The normalized spacial score (nSPS) is 35.0. The molecule has 3 fully saturated rings. The van der Waals surface area contributed by atoms with Gasteiger partial charge in [-0.2, -0.15) is 0 Å². The highest BCUT2D eigenvalue weighted by Crippen LogP contribution is 2.31. The Morgan fingerprint density at radius 2 is 1.64 bits per heavy atom. The third kappa shape index (κ3) is 2.79. The summed E-state index contributed by atoms with van der Waals surface area (Å²) in [6.07, 6.45) is 5.70. The molecule has 0 spiro atoms. The topological polar surface area (TPSA) is 37.8 Å². The van der Waals surface area contributed by atoms with Crippen molar-refractivity contribution in [2.75, 3.05) is 36.0 Å². The number of ether oxygens (including phenoxy) is 2. The number of anilines is 2. The Kier molecular flexibility index (Phi) is 3.70. The van der Waals surface area contributed by atoms with Crippen molar-refractivity contribution in [1.29, 1.82) is 0 Å². The molecule has 5 heteroatoms. The fourth-order valence-corrected chi connectivity index (χ4v) is 3.97. The first-order valence-electron chi connectivity index (χ1n) is 8.44. The Bertz CT molecular complexity index is 499. The molecule has 22 heavy (non-hydrogen) atoms. The van der Waals surface area contributed by atoms with Gasteiger partial charge in [0.25, 0.3) is 0 Å². The Morgan fingerprint density at radius 3 is 2.32 bits per heavy atom. The van der Waals surface area contributed by atoms with Gasteiger partial charge >= 0.3 is 0 Å². The van der Waals surface area contributed by atoms with E-state index >= 15 is 0 Å². The van der Waals surface area contributed by atoms with Crippen LogP contribution in [0.4, 0.5) is 11.5 Å². The summed E-state index contributed by atoms with van der Waals surface area (Å²) in [5.74, 6) is 1.07. The van der Waals surface area contributed by atoms with Crippen LogP contribution in [0.5, 0.6) is 0 Å². The van der Waals surface area contributed by atoms with Crippen LogP contribution in [0.1, 0.15) is 26.7 Å². The van der Waals surface area contributed by atoms with Crippen LogP contribution in [0.2, 0.25) is 0 Å². The van der Waals surface area contributed by atoms with Gasteiger partial charge in [0, 0.05) is 44.1 Å². The molecule has 4 atom stereocenters. The second-order valence-corrected chi connectivity index (χ2v) is 6.90. The minimum Gasteiger partial charge on any atom is -0.372 e. The number of hydrogen-bond acceptors (Lipinski definition) is 5. The summed E-state index contributed by atoms with van der Waals surface area (Å²) in [5.41, 5.74) is 1.27. The molecule has 0 aromatic carbocycles. The van der Waals surface area contributed by atoms with Crippen LogP contribution in [0.25, 0.3) is 0 Å². The van der Waals surface area contributed by atoms with E-state index in [0.717, 1.165) is 32.0 Å². The van der Waals surface area contributed by atoms with Crippen LogP contribution >= 0.6 is 0 Å². The van der Waals surface area contributed by atoms with Crippen LogP contribution in [-0.4, -0.2) is 55.6 Å². The van der Waals surface area contributed by atoms with Gasteiger partial charge in [0.15, 0.2) is 0 Å². The van der Waals surface area contributed by atoms with E-state index in [1.807, 2.05) is 6.20 Å². The van der Waals surface area contributed by atoms with E-state index in [-0.39, 0.29) is 12.2 Å². The highest BCUT2D eigenvalue weighted by atomic mass is 16.5. The number of fused-ring (bicyclic) bond motifs is 2. The van der Waals surface area contributed by atoms with Crippen molar-refractivity contribution >= 4 is 11.5 Å². The number of aromatic nitrogens is 1. The van der Waals surface area contributed by atoms with Crippen molar-refractivity contribution in [3.63, 3.8) is 0 Å². The Morgan fingerprint density at radius 1 is 0.955 bits per heavy atom. The molecule has 2 unspecified atom stereocenters. The van der Waals surface area contributed by atoms with Gasteiger partial charge in [0.2, 0.25) is 0 Å². The standard InChI is InChI=1S/C17H25N3O2/c1-12-8-20(9-13(2)21-12)17-7-14(5-6-18-17)19-10-15-3-4-16(11-19)22-15/h5-7,12-13,15-16H,3-4,8-11H2,1-2H3/t12-,13+,15?,16?. The second-order valence-electron chi connectivity index (χ2n) is 6.90. The molecule has 120 valence electrons. The van der Waals surface area contributed by atoms with Gasteiger partial charge < -0.3 is 19.3 Å². The van der Waals surface area contributed by atoms with Crippen LogP contribution in [-0.2, 0) is 9.47 Å². The SMILES string of the molecule is C[C@@H]1CN(c2cc(N3CC4CCC(C3)O4)ccn2)C[C@H](C)O1. The van der Waals surface area contributed by atoms with Gasteiger partial charge in [-0.15, -0.1) is 0 Å². The molecule has 1 aromatic heterocycles. The van der Waals surface area contributed by atoms with Crippen molar-refractivity contribution in [2.24, 2.45) is 0 Å². The third-order valence-corrected chi connectivity index (χ3v) is 4.88. The van der Waals surface area contributed by atoms with E-state index in [4.69, 9.17) is 9.47 Å². The average molecular weight is 303 g/mol. The summed E-state index contributed by atoms with van der Waals surface area (Å²) in [7, 11) is 0. The first-order chi connectivity index (χ1) is 10.7. The van der Waals surface area contributed by atoms with E-state index in [1.165, 1.54) is 18.5 Å². The maximum absolute atomic E-state index is 5.94. The average Bonchev–Trinajstić information content (AvgIpc) is 2.85. The molecule has 0 radical (unpaired) electrons. The summed E-state index contributed by atoms with van der Waals surface area (Å²) < 4.78 is 11.8. The lowest BCUT2D eigenvalue weighted by molar-refractivity contribution is -0.00545. The number of pyridine rings is 1. The third-order valence-electron chi connectivity index (χ3n) is 4.88. The Labute approximate surface area is 132 Å². The number of nitrogens with zero attached hydrogens (tertiary/aromatic N) is 3. The van der Waals surface area contributed by atoms with Crippen molar-refractivity contribution in [3.05, 3.63) is 18.3 Å². The van der Waals surface area contributed by atoms with Gasteiger partial charge in [0.05, 0.1) is 24.4 Å². The fourth-order valence-electron chi connectivity index (χ4n) is 3.97. The zero-order valence-corrected chi connectivity index (χ0v) is 13.4. The van der Waals surface area contributed by atoms with Gasteiger partial charge in [-0.05, 0) is 32.8 Å². The maximum Gasteiger partial charge on any atom is 0.130 e. The van der Waals surface area contributed by atoms with Crippen LogP contribution in [0.15, 0.2) is 18.3 Å². The van der Waals surface area contributed by atoms with Gasteiger partial charge in [-0.25, -0.2) is 4.98 Å². The predicted octanol–water partition coefficient (Wildman–Crippen LogP) is 2.06. The molecule has 0 N–H and O–H groups in total. The quantitative estimate of drug-likeness (QED) is 0.836. The molecule has 5 nitrogen and oxygen atoms in total. The highest BCUT2D eigenvalue weighted by Gasteiger charge is 2.34. The summed E-state index contributed by atoms with van der Waals surface area (Å²) in [4.78, 5) is 9.40. The highest BCUT2D eigenvalue weighted by molar-refractivity contribution is 5.56. The number of hydrogen-bond donors (Lipinski definition) is 0. The molecule has 4 heterocycles. The van der Waals surface area contributed by atoms with Crippen molar-refractivity contribution in [2.45, 2.75) is 51.1 Å². The molecular weight excluding hydrogens is 278 g/mol. The minimum absolute atomic E-state index is 0.258. The molecule has 0 aliphatic carbocycles. The lowest BCUT2D eigenvalue weighted by Gasteiger charge is -2.37. The smallest absolute Gasteiger partial charge is 0.130 e. The molecular formula is C17H25N3O2. The molecule has 3 aliphatic heterocycles. The van der Waals surface area contributed by atoms with E-state index < -0.39 is 0 Å². The molecule has 3 aliphatic rings. The first-order valence-corrected chi connectivity index (χ1v) is 8.44. The van der Waals surface area contributed by atoms with Gasteiger partial charge in [0.1, 0.15) is 5.82 Å². The lowest BCUT2D eigenvalue weighted by atomic mass is 10.2. The fraction of sp³-hybridized carbons (Fsp3) is 0.706. The van der Waals surface area contributed by atoms with Gasteiger partial charge in [-0.1, -0.05) is 0 Å². The molecule has 0 saturated carbocycles. The number of rotatable bonds is 2. The zero-order valence-electron chi connectivity index (χ0n) is 13.4. The second kappa shape index (κ2) is 5.70. The van der Waals surface area contributed by atoms with E-state index in [2.05, 4.69) is 40.8 Å². The van der Waals surface area contributed by atoms with Crippen molar-refractivity contribution in [1.82, 2.24) is 4.98 Å². The van der Waals surface area contributed by atoms with E-state index in [0.29, 0.717) is 12.2 Å². The van der Waals surface area contributed by atoms with Crippen molar-refractivity contribution < 1.29 is 9.47 Å². The Hall–Kier alpha value is -1.33. The predicted molar refractivity (Wildman–Crippen MR) is 86.6 cm³/mol. The van der Waals surface area contributed by atoms with E-state index in [9.17, 15) is 0 Å². The molecule has 0 amide bonds. The molecule has 2 bridgehead atoms. The van der Waals surface area contributed by atoms with Crippen LogP contribution in [0, 0.1) is 0 Å².